The normalized spacial score (nSPS) is 9.80. The van der Waals surface area contributed by atoms with Crippen molar-refractivity contribution in [1.82, 2.24) is 9.97 Å². The molecule has 1 aromatic rings. The molecule has 0 aliphatic heterocycles. The molecular weight excluding hydrogens is 126 g/mol. The van der Waals surface area contributed by atoms with E-state index in [0.29, 0.717) is 0 Å². The summed E-state index contributed by atoms with van der Waals surface area (Å²) in [5.41, 5.74) is 1.17. The first-order valence-electron chi connectivity index (χ1n) is 3.38. The molecule has 0 aliphatic carbocycles. The van der Waals surface area contributed by atoms with Gasteiger partial charge in [0.2, 0.25) is 0 Å². The second-order valence-electron chi connectivity index (χ2n) is 2.25. The maximum atomic E-state index is 4.07. The molecule has 0 saturated carbocycles. The number of quaternary nitrogens is 1. The monoisotopic (exact) mass is 138 g/mol. The zero-order valence-corrected chi connectivity index (χ0v) is 6.33. The third-order valence-corrected chi connectivity index (χ3v) is 1.27. The van der Waals surface area contributed by atoms with Crippen molar-refractivity contribution in [2.45, 2.75) is 13.5 Å². The summed E-state index contributed by atoms with van der Waals surface area (Å²) in [4.78, 5) is 8.13. The Bertz CT molecular complexity index is 193. The van der Waals surface area contributed by atoms with Crippen LogP contribution in [0, 0.1) is 6.92 Å². The van der Waals surface area contributed by atoms with E-state index in [2.05, 4.69) is 15.3 Å². The van der Waals surface area contributed by atoms with Gasteiger partial charge in [0.15, 0.2) is 0 Å². The van der Waals surface area contributed by atoms with Gasteiger partial charge < -0.3 is 5.32 Å². The molecule has 0 aliphatic rings. The summed E-state index contributed by atoms with van der Waals surface area (Å²) < 4.78 is 0. The highest BCUT2D eigenvalue weighted by Gasteiger charge is 1.92. The molecule has 1 aromatic heterocycles. The average molecular weight is 138 g/mol. The first kappa shape index (κ1) is 7.15. The fourth-order valence-corrected chi connectivity index (χ4v) is 0.760. The van der Waals surface area contributed by atoms with Gasteiger partial charge in [-0.3, -0.25) is 0 Å². The van der Waals surface area contributed by atoms with Gasteiger partial charge in [-0.1, -0.05) is 0 Å². The number of rotatable bonds is 2. The van der Waals surface area contributed by atoms with Gasteiger partial charge in [-0.25, -0.2) is 9.97 Å². The van der Waals surface area contributed by atoms with Crippen molar-refractivity contribution in [3.05, 3.63) is 23.8 Å². The second kappa shape index (κ2) is 3.27. The highest BCUT2D eigenvalue weighted by atomic mass is 14.9. The molecule has 54 valence electrons. The fraction of sp³-hybridized carbons (Fsp3) is 0.429. The molecule has 3 nitrogen and oxygen atoms in total. The molecule has 0 aromatic carbocycles. The van der Waals surface area contributed by atoms with Crippen molar-refractivity contribution >= 4 is 0 Å². The smallest absolute Gasteiger partial charge is 0.125 e. The number of aryl methyl sites for hydroxylation is 1. The Balaban J connectivity index is 2.69. The Hall–Kier alpha value is -0.960. The maximum Gasteiger partial charge on any atom is 0.125 e. The summed E-state index contributed by atoms with van der Waals surface area (Å²) in [7, 11) is 2.03. The minimum atomic E-state index is 0.833. The number of aromatic nitrogens is 2. The Morgan fingerprint density at radius 1 is 1.40 bits per heavy atom. The molecule has 0 spiro atoms. The topological polar surface area (TPSA) is 42.4 Å². The van der Waals surface area contributed by atoms with Crippen LogP contribution in [0.2, 0.25) is 0 Å². The molecule has 2 N–H and O–H groups in total. The molecule has 0 bridgehead atoms. The van der Waals surface area contributed by atoms with Crippen LogP contribution in [-0.4, -0.2) is 17.0 Å². The van der Waals surface area contributed by atoms with Crippen LogP contribution in [0.4, 0.5) is 0 Å². The van der Waals surface area contributed by atoms with Crippen LogP contribution < -0.4 is 5.32 Å². The van der Waals surface area contributed by atoms with Crippen LogP contribution in [0.15, 0.2) is 12.4 Å². The van der Waals surface area contributed by atoms with Crippen molar-refractivity contribution in [2.75, 3.05) is 7.05 Å². The van der Waals surface area contributed by atoms with Crippen molar-refractivity contribution in [1.29, 1.82) is 0 Å². The van der Waals surface area contributed by atoms with Crippen LogP contribution in [0.25, 0.3) is 0 Å². The van der Waals surface area contributed by atoms with E-state index in [-0.39, 0.29) is 0 Å². The Morgan fingerprint density at radius 3 is 2.50 bits per heavy atom. The SMILES string of the molecule is C[NH2+]Cc1cnc(C)nc1. The summed E-state index contributed by atoms with van der Waals surface area (Å²) in [6, 6.07) is 0. The van der Waals surface area contributed by atoms with E-state index < -0.39 is 0 Å². The average Bonchev–Trinajstić information content (AvgIpc) is 1.95. The molecule has 3 heteroatoms. The molecule has 10 heavy (non-hydrogen) atoms. The first-order chi connectivity index (χ1) is 4.83. The summed E-state index contributed by atoms with van der Waals surface area (Å²) >= 11 is 0. The number of nitrogens with zero attached hydrogens (tertiary/aromatic N) is 2. The lowest BCUT2D eigenvalue weighted by Crippen LogP contribution is -2.77. The van der Waals surface area contributed by atoms with Gasteiger partial charge in [-0.15, -0.1) is 0 Å². The lowest BCUT2D eigenvalue weighted by Gasteiger charge is -1.94. The fourth-order valence-electron chi connectivity index (χ4n) is 0.760. The maximum absolute atomic E-state index is 4.07. The van der Waals surface area contributed by atoms with E-state index in [1.807, 2.05) is 26.4 Å². The molecule has 0 fully saturated rings. The van der Waals surface area contributed by atoms with Crippen molar-refractivity contribution in [2.24, 2.45) is 0 Å². The summed E-state index contributed by atoms with van der Waals surface area (Å²) in [6.07, 6.45) is 3.73. The quantitative estimate of drug-likeness (QED) is 0.597. The van der Waals surface area contributed by atoms with E-state index in [0.717, 1.165) is 12.4 Å². The largest absolute Gasteiger partial charge is 0.345 e. The minimum absolute atomic E-state index is 0.833. The van der Waals surface area contributed by atoms with Crippen LogP contribution in [-0.2, 0) is 6.54 Å². The third-order valence-electron chi connectivity index (χ3n) is 1.27. The van der Waals surface area contributed by atoms with Crippen molar-refractivity contribution in [3.63, 3.8) is 0 Å². The lowest BCUT2D eigenvalue weighted by atomic mass is 10.3. The van der Waals surface area contributed by atoms with Gasteiger partial charge in [0.25, 0.3) is 0 Å². The van der Waals surface area contributed by atoms with Crippen LogP contribution >= 0.6 is 0 Å². The predicted molar refractivity (Wildman–Crippen MR) is 38.3 cm³/mol. The molecule has 0 radical (unpaired) electrons. The first-order valence-corrected chi connectivity index (χ1v) is 3.38. The van der Waals surface area contributed by atoms with E-state index in [4.69, 9.17) is 0 Å². The van der Waals surface area contributed by atoms with E-state index in [1.54, 1.807) is 0 Å². The molecule has 0 unspecified atom stereocenters. The minimum Gasteiger partial charge on any atom is -0.345 e. The molecule has 0 atom stereocenters. The van der Waals surface area contributed by atoms with Gasteiger partial charge in [-0.2, -0.15) is 0 Å². The molecule has 0 saturated heterocycles. The van der Waals surface area contributed by atoms with Gasteiger partial charge in [0, 0.05) is 18.0 Å². The van der Waals surface area contributed by atoms with Crippen LogP contribution in [0.5, 0.6) is 0 Å². The standard InChI is InChI=1S/C7H11N3/c1-6-9-4-7(3-8-2)5-10-6/h4-5,8H,3H2,1-2H3/p+1. The molecule has 0 amide bonds. The molecule has 1 heterocycles. The van der Waals surface area contributed by atoms with E-state index in [1.165, 1.54) is 5.56 Å². The van der Waals surface area contributed by atoms with Crippen molar-refractivity contribution < 1.29 is 5.32 Å². The zero-order valence-electron chi connectivity index (χ0n) is 6.33. The summed E-state index contributed by atoms with van der Waals surface area (Å²) in [5.74, 6) is 0.833. The highest BCUT2D eigenvalue weighted by molar-refractivity contribution is 5.02. The molecular formula is C7H12N3+. The summed E-state index contributed by atoms with van der Waals surface area (Å²) in [6.45, 7) is 2.85. The van der Waals surface area contributed by atoms with E-state index >= 15 is 0 Å². The number of nitrogens with two attached hydrogens (primary N) is 1. The van der Waals surface area contributed by atoms with Gasteiger partial charge in [-0.05, 0) is 6.92 Å². The van der Waals surface area contributed by atoms with Crippen LogP contribution in [0.1, 0.15) is 11.4 Å². The summed E-state index contributed by atoms with van der Waals surface area (Å²) in [5, 5.41) is 2.09. The second-order valence-corrected chi connectivity index (χ2v) is 2.25. The highest BCUT2D eigenvalue weighted by Crippen LogP contribution is 1.91. The Kier molecular flexibility index (Phi) is 2.34. The van der Waals surface area contributed by atoms with Crippen LogP contribution in [0.3, 0.4) is 0 Å². The molecule has 1 rings (SSSR count). The Labute approximate surface area is 60.5 Å². The third kappa shape index (κ3) is 1.77. The number of hydrogen-bond donors (Lipinski definition) is 1. The number of hydrogen-bond acceptors (Lipinski definition) is 2. The predicted octanol–water partition coefficient (Wildman–Crippen LogP) is -0.522. The zero-order chi connectivity index (χ0) is 7.40. The Morgan fingerprint density at radius 2 is 2.00 bits per heavy atom. The van der Waals surface area contributed by atoms with Gasteiger partial charge in [0.05, 0.1) is 7.05 Å². The lowest BCUT2D eigenvalue weighted by molar-refractivity contribution is -0.643. The van der Waals surface area contributed by atoms with Crippen molar-refractivity contribution in [3.8, 4) is 0 Å². The van der Waals surface area contributed by atoms with Gasteiger partial charge in [0.1, 0.15) is 12.4 Å². The van der Waals surface area contributed by atoms with Gasteiger partial charge >= 0.3 is 0 Å². The van der Waals surface area contributed by atoms with E-state index in [9.17, 15) is 0 Å².